The molecular weight excluding hydrogens is 349 g/mol. The number of benzene rings is 2. The van der Waals surface area contributed by atoms with E-state index in [1.807, 2.05) is 0 Å². The van der Waals surface area contributed by atoms with Gasteiger partial charge in [-0.1, -0.05) is 12.1 Å². The molecule has 2 rings (SSSR count). The van der Waals surface area contributed by atoms with Gasteiger partial charge < -0.3 is 5.32 Å². The maximum absolute atomic E-state index is 12.8. The third-order valence-electron chi connectivity index (χ3n) is 3.22. The summed E-state index contributed by atoms with van der Waals surface area (Å²) in [6.07, 6.45) is 1.80. The first-order chi connectivity index (χ1) is 11.4. The van der Waals surface area contributed by atoms with Crippen LogP contribution in [0.4, 0.5) is 4.39 Å². The van der Waals surface area contributed by atoms with E-state index in [2.05, 4.69) is 5.32 Å². The number of amides is 1. The second kappa shape index (κ2) is 8.30. The Morgan fingerprint density at radius 3 is 2.46 bits per heavy atom. The van der Waals surface area contributed by atoms with Crippen LogP contribution in [0.3, 0.4) is 0 Å². The van der Waals surface area contributed by atoms with Gasteiger partial charge in [0.05, 0.1) is 10.5 Å². The molecule has 7 heteroatoms. The van der Waals surface area contributed by atoms with Gasteiger partial charge in [-0.3, -0.25) is 4.79 Å². The monoisotopic (exact) mass is 367 g/mol. The summed E-state index contributed by atoms with van der Waals surface area (Å²) in [4.78, 5) is 13.2. The van der Waals surface area contributed by atoms with Crippen LogP contribution in [0, 0.1) is 5.82 Å². The zero-order chi connectivity index (χ0) is 17.6. The van der Waals surface area contributed by atoms with Crippen LogP contribution in [-0.2, 0) is 9.84 Å². The Hall–Kier alpha value is -1.86. The Labute approximate surface area is 145 Å². The zero-order valence-electron chi connectivity index (χ0n) is 13.2. The van der Waals surface area contributed by atoms with Crippen LogP contribution in [-0.4, -0.2) is 32.9 Å². The first kappa shape index (κ1) is 18.5. The predicted molar refractivity (Wildman–Crippen MR) is 93.6 cm³/mol. The molecule has 0 fully saturated rings. The van der Waals surface area contributed by atoms with Crippen molar-refractivity contribution in [1.82, 2.24) is 5.32 Å². The highest BCUT2D eigenvalue weighted by Gasteiger charge is 2.17. The lowest BCUT2D eigenvalue weighted by Gasteiger charge is -2.09. The van der Waals surface area contributed by atoms with E-state index in [0.29, 0.717) is 6.54 Å². The van der Waals surface area contributed by atoms with E-state index in [-0.39, 0.29) is 16.3 Å². The first-order valence-electron chi connectivity index (χ1n) is 7.33. The number of sulfone groups is 1. The third-order valence-corrected chi connectivity index (χ3v) is 5.47. The predicted octanol–water partition coefficient (Wildman–Crippen LogP) is 3.14. The number of hydrogen-bond donors (Lipinski definition) is 1. The van der Waals surface area contributed by atoms with Gasteiger partial charge in [0.25, 0.3) is 5.91 Å². The van der Waals surface area contributed by atoms with Crippen LogP contribution in [0.5, 0.6) is 0 Å². The average molecular weight is 367 g/mol. The molecule has 0 bridgehead atoms. The number of thioether (sulfide) groups is 1. The fraction of sp³-hybridized carbons (Fsp3) is 0.235. The first-order valence-corrected chi connectivity index (χ1v) is 10.2. The summed E-state index contributed by atoms with van der Waals surface area (Å²) >= 11 is 1.57. The quantitative estimate of drug-likeness (QED) is 0.603. The largest absolute Gasteiger partial charge is 0.352 e. The molecule has 2 aromatic rings. The molecule has 0 saturated carbocycles. The van der Waals surface area contributed by atoms with E-state index >= 15 is 0 Å². The van der Waals surface area contributed by atoms with E-state index in [4.69, 9.17) is 0 Å². The lowest BCUT2D eigenvalue weighted by atomic mass is 10.2. The summed E-state index contributed by atoms with van der Waals surface area (Å²) in [5, 5.41) is 2.73. The maximum atomic E-state index is 12.8. The van der Waals surface area contributed by atoms with E-state index in [0.717, 1.165) is 23.3 Å². The normalized spacial score (nSPS) is 11.2. The molecule has 0 heterocycles. The van der Waals surface area contributed by atoms with Crippen LogP contribution >= 0.6 is 11.8 Å². The number of hydrogen-bond acceptors (Lipinski definition) is 4. The van der Waals surface area contributed by atoms with Gasteiger partial charge in [0, 0.05) is 17.7 Å². The smallest absolute Gasteiger partial charge is 0.252 e. The van der Waals surface area contributed by atoms with E-state index in [1.54, 1.807) is 36.0 Å². The molecule has 0 aromatic heterocycles. The van der Waals surface area contributed by atoms with Crippen molar-refractivity contribution < 1.29 is 17.6 Å². The molecule has 1 N–H and O–H groups in total. The molecule has 128 valence electrons. The molecule has 4 nitrogen and oxygen atoms in total. The Kier molecular flexibility index (Phi) is 6.39. The summed E-state index contributed by atoms with van der Waals surface area (Å²) < 4.78 is 36.2. The molecule has 0 aliphatic heterocycles. The topological polar surface area (TPSA) is 63.2 Å². The standard InChI is InChI=1S/C17H18FNO3S2/c1-24(21,22)16-6-3-2-5-15(16)17(20)19-11-4-12-23-14-9-7-13(18)8-10-14/h2-3,5-10H,4,11-12H2,1H3,(H,19,20). The Morgan fingerprint density at radius 2 is 1.79 bits per heavy atom. The Bertz CT molecular complexity index is 805. The van der Waals surface area contributed by atoms with Crippen LogP contribution in [0.1, 0.15) is 16.8 Å². The molecule has 0 aliphatic carbocycles. The number of halogens is 1. The van der Waals surface area contributed by atoms with Crippen molar-refractivity contribution in [2.24, 2.45) is 0 Å². The minimum Gasteiger partial charge on any atom is -0.352 e. The van der Waals surface area contributed by atoms with Crippen LogP contribution in [0.2, 0.25) is 0 Å². The summed E-state index contributed by atoms with van der Waals surface area (Å²) in [5.41, 5.74) is 0.159. The summed E-state index contributed by atoms with van der Waals surface area (Å²) in [7, 11) is -3.45. The molecular formula is C17H18FNO3S2. The van der Waals surface area contributed by atoms with Gasteiger partial charge in [0.1, 0.15) is 5.82 Å². The van der Waals surface area contributed by atoms with Gasteiger partial charge in [-0.15, -0.1) is 11.8 Å². The zero-order valence-corrected chi connectivity index (χ0v) is 14.8. The molecule has 24 heavy (non-hydrogen) atoms. The SMILES string of the molecule is CS(=O)(=O)c1ccccc1C(=O)NCCCSc1ccc(F)cc1. The second-order valence-electron chi connectivity index (χ2n) is 5.18. The van der Waals surface area contributed by atoms with Gasteiger partial charge in [-0.05, 0) is 48.6 Å². The number of nitrogens with one attached hydrogen (secondary N) is 1. The van der Waals surface area contributed by atoms with Gasteiger partial charge in [-0.25, -0.2) is 12.8 Å². The van der Waals surface area contributed by atoms with Gasteiger partial charge in [0.15, 0.2) is 9.84 Å². The van der Waals surface area contributed by atoms with Crippen LogP contribution in [0.25, 0.3) is 0 Å². The molecule has 0 aliphatic rings. The molecule has 2 aromatic carbocycles. The highest BCUT2D eigenvalue weighted by Crippen LogP contribution is 2.19. The minimum absolute atomic E-state index is 0.0307. The van der Waals surface area contributed by atoms with E-state index in [1.165, 1.54) is 24.3 Å². The van der Waals surface area contributed by atoms with Crippen molar-refractivity contribution in [2.45, 2.75) is 16.2 Å². The number of carbonyl (C=O) groups excluding carboxylic acids is 1. The highest BCUT2D eigenvalue weighted by molar-refractivity contribution is 7.99. The van der Waals surface area contributed by atoms with Crippen molar-refractivity contribution in [3.05, 3.63) is 59.9 Å². The molecule has 0 unspecified atom stereocenters. The molecule has 0 spiro atoms. The van der Waals surface area contributed by atoms with Crippen molar-refractivity contribution in [1.29, 1.82) is 0 Å². The lowest BCUT2D eigenvalue weighted by Crippen LogP contribution is -2.26. The summed E-state index contributed by atoms with van der Waals surface area (Å²) in [6, 6.07) is 12.4. The van der Waals surface area contributed by atoms with Crippen molar-refractivity contribution in [2.75, 3.05) is 18.6 Å². The van der Waals surface area contributed by atoms with Crippen molar-refractivity contribution in [3.63, 3.8) is 0 Å². The van der Waals surface area contributed by atoms with Crippen LogP contribution in [0.15, 0.2) is 58.3 Å². The van der Waals surface area contributed by atoms with Gasteiger partial charge >= 0.3 is 0 Å². The van der Waals surface area contributed by atoms with E-state index in [9.17, 15) is 17.6 Å². The summed E-state index contributed by atoms with van der Waals surface area (Å²) in [6.45, 7) is 0.436. The lowest BCUT2D eigenvalue weighted by molar-refractivity contribution is 0.0950. The maximum Gasteiger partial charge on any atom is 0.252 e. The fourth-order valence-electron chi connectivity index (χ4n) is 2.07. The summed E-state index contributed by atoms with van der Waals surface area (Å²) in [5.74, 6) is 0.0959. The van der Waals surface area contributed by atoms with Crippen molar-refractivity contribution in [3.8, 4) is 0 Å². The Balaban J connectivity index is 1.83. The highest BCUT2D eigenvalue weighted by atomic mass is 32.2. The van der Waals surface area contributed by atoms with Crippen molar-refractivity contribution >= 4 is 27.5 Å². The molecule has 0 atom stereocenters. The van der Waals surface area contributed by atoms with Gasteiger partial charge in [0.2, 0.25) is 0 Å². The van der Waals surface area contributed by atoms with E-state index < -0.39 is 15.7 Å². The fourth-order valence-corrected chi connectivity index (χ4v) is 3.81. The molecule has 1 amide bonds. The minimum atomic E-state index is -3.45. The number of rotatable bonds is 7. The van der Waals surface area contributed by atoms with Crippen LogP contribution < -0.4 is 5.32 Å². The average Bonchev–Trinajstić information content (AvgIpc) is 2.55. The Morgan fingerprint density at radius 1 is 1.12 bits per heavy atom. The second-order valence-corrected chi connectivity index (χ2v) is 8.33. The molecule has 0 saturated heterocycles. The van der Waals surface area contributed by atoms with Gasteiger partial charge in [-0.2, -0.15) is 0 Å². The number of carbonyl (C=O) groups is 1. The third kappa shape index (κ3) is 5.35. The molecule has 0 radical (unpaired) electrons.